The van der Waals surface area contributed by atoms with Gasteiger partial charge in [0.15, 0.2) is 0 Å². The molecule has 1 N–H and O–H groups in total. The number of hydrogen-bond donors (Lipinski definition) is 1. The van der Waals surface area contributed by atoms with Gasteiger partial charge in [-0.1, -0.05) is 0 Å². The zero-order chi connectivity index (χ0) is 25.1. The molecule has 4 heterocycles. The Labute approximate surface area is 210 Å². The SMILES string of the molecule is CN(c1cnc2cc(N3CCOCC3)nc(OC3CCC(Nc4ncccn4)CC3)c2c1)S(C)(=O)=O. The zero-order valence-electron chi connectivity index (χ0n) is 20.5. The average Bonchev–Trinajstić information content (AvgIpc) is 2.89. The minimum Gasteiger partial charge on any atom is -0.474 e. The molecule has 3 aromatic heterocycles. The van der Waals surface area contributed by atoms with Crippen molar-refractivity contribution in [2.24, 2.45) is 0 Å². The van der Waals surface area contributed by atoms with E-state index in [4.69, 9.17) is 14.5 Å². The Morgan fingerprint density at radius 3 is 2.50 bits per heavy atom. The minimum absolute atomic E-state index is 0.00771. The smallest absolute Gasteiger partial charge is 0.232 e. The number of hydrogen-bond acceptors (Lipinski definition) is 10. The molecular weight excluding hydrogens is 482 g/mol. The standard InChI is InChI=1S/C24H31N7O4S/c1-30(36(2,32)33)18-14-20-21(27-16-18)15-22(31-10-12-34-13-11-31)29-23(20)35-19-6-4-17(5-7-19)28-24-25-8-3-9-26-24/h3,8-9,14-17,19H,4-7,10-13H2,1-2H3,(H,25,26,28). The van der Waals surface area contributed by atoms with E-state index in [1.165, 1.54) is 17.6 Å². The first kappa shape index (κ1) is 24.4. The third-order valence-corrected chi connectivity index (χ3v) is 7.87. The van der Waals surface area contributed by atoms with Crippen molar-refractivity contribution in [3.63, 3.8) is 0 Å². The number of sulfonamides is 1. The summed E-state index contributed by atoms with van der Waals surface area (Å²) in [6, 6.07) is 5.80. The average molecular weight is 514 g/mol. The minimum atomic E-state index is -3.43. The largest absolute Gasteiger partial charge is 0.474 e. The maximum absolute atomic E-state index is 12.1. The van der Waals surface area contributed by atoms with Gasteiger partial charge in [0.2, 0.25) is 21.9 Å². The van der Waals surface area contributed by atoms with Gasteiger partial charge in [-0.05, 0) is 37.8 Å². The maximum atomic E-state index is 12.1. The highest BCUT2D eigenvalue weighted by molar-refractivity contribution is 7.92. The fourth-order valence-corrected chi connectivity index (χ4v) is 5.00. The van der Waals surface area contributed by atoms with Gasteiger partial charge in [-0.15, -0.1) is 0 Å². The van der Waals surface area contributed by atoms with E-state index >= 15 is 0 Å². The highest BCUT2D eigenvalue weighted by Crippen LogP contribution is 2.33. The summed E-state index contributed by atoms with van der Waals surface area (Å²) < 4.78 is 37.4. The van der Waals surface area contributed by atoms with Crippen LogP contribution in [0, 0.1) is 0 Å². The van der Waals surface area contributed by atoms with Gasteiger partial charge in [-0.2, -0.15) is 4.98 Å². The predicted octanol–water partition coefficient (Wildman–Crippen LogP) is 2.45. The van der Waals surface area contributed by atoms with Crippen LogP contribution in [0.1, 0.15) is 25.7 Å². The van der Waals surface area contributed by atoms with Crippen molar-refractivity contribution >= 4 is 38.4 Å². The van der Waals surface area contributed by atoms with Crippen LogP contribution in [-0.2, 0) is 14.8 Å². The van der Waals surface area contributed by atoms with Crippen LogP contribution in [0.15, 0.2) is 36.8 Å². The molecule has 3 aromatic rings. The fourth-order valence-electron chi connectivity index (χ4n) is 4.52. The van der Waals surface area contributed by atoms with Gasteiger partial charge in [0.1, 0.15) is 11.9 Å². The van der Waals surface area contributed by atoms with Gasteiger partial charge < -0.3 is 19.7 Å². The lowest BCUT2D eigenvalue weighted by molar-refractivity contribution is 0.122. The number of morpholine rings is 1. The van der Waals surface area contributed by atoms with Gasteiger partial charge in [-0.3, -0.25) is 9.29 Å². The van der Waals surface area contributed by atoms with Crippen LogP contribution < -0.4 is 19.3 Å². The molecule has 0 radical (unpaired) electrons. The summed E-state index contributed by atoms with van der Waals surface area (Å²) >= 11 is 0. The zero-order valence-corrected chi connectivity index (χ0v) is 21.3. The quantitative estimate of drug-likeness (QED) is 0.504. The first-order valence-corrected chi connectivity index (χ1v) is 14.0. The first-order chi connectivity index (χ1) is 17.4. The molecule has 2 fully saturated rings. The number of nitrogens with one attached hydrogen (secondary N) is 1. The molecule has 2 aliphatic rings. The van der Waals surface area contributed by atoms with Crippen LogP contribution in [0.2, 0.25) is 0 Å². The highest BCUT2D eigenvalue weighted by Gasteiger charge is 2.25. The van der Waals surface area contributed by atoms with Crippen LogP contribution in [0.25, 0.3) is 10.9 Å². The second-order valence-electron chi connectivity index (χ2n) is 9.18. The van der Waals surface area contributed by atoms with Crippen LogP contribution in [0.3, 0.4) is 0 Å². The summed E-state index contributed by atoms with van der Waals surface area (Å²) in [5, 5.41) is 4.09. The Morgan fingerprint density at radius 2 is 1.81 bits per heavy atom. The fraction of sp³-hybridized carbons (Fsp3) is 0.500. The van der Waals surface area contributed by atoms with Crippen LogP contribution in [0.5, 0.6) is 5.88 Å². The summed E-state index contributed by atoms with van der Waals surface area (Å²) in [6.45, 7) is 2.77. The lowest BCUT2D eigenvalue weighted by Crippen LogP contribution is -2.37. The molecule has 12 heteroatoms. The van der Waals surface area contributed by atoms with Crippen molar-refractivity contribution in [1.29, 1.82) is 0 Å². The van der Waals surface area contributed by atoms with Crippen molar-refractivity contribution < 1.29 is 17.9 Å². The molecular formula is C24H31N7O4S. The topological polar surface area (TPSA) is 123 Å². The van der Waals surface area contributed by atoms with Crippen LogP contribution in [0.4, 0.5) is 17.5 Å². The molecule has 0 spiro atoms. The third-order valence-electron chi connectivity index (χ3n) is 6.66. The van der Waals surface area contributed by atoms with E-state index in [0.717, 1.165) is 44.6 Å². The lowest BCUT2D eigenvalue weighted by atomic mass is 9.93. The molecule has 1 saturated carbocycles. The monoisotopic (exact) mass is 513 g/mol. The first-order valence-electron chi connectivity index (χ1n) is 12.1. The van der Waals surface area contributed by atoms with E-state index in [1.54, 1.807) is 30.7 Å². The third kappa shape index (κ3) is 5.59. The molecule has 36 heavy (non-hydrogen) atoms. The normalized spacial score (nSPS) is 20.8. The molecule has 0 aromatic carbocycles. The van der Waals surface area contributed by atoms with E-state index in [9.17, 15) is 8.42 Å². The molecule has 0 amide bonds. The summed E-state index contributed by atoms with van der Waals surface area (Å²) in [5.41, 5.74) is 1.18. The van der Waals surface area contributed by atoms with E-state index in [-0.39, 0.29) is 12.1 Å². The highest BCUT2D eigenvalue weighted by atomic mass is 32.2. The summed E-state index contributed by atoms with van der Waals surface area (Å²) in [4.78, 5) is 20.1. The number of aromatic nitrogens is 4. The molecule has 0 unspecified atom stereocenters. The lowest BCUT2D eigenvalue weighted by Gasteiger charge is -2.31. The Morgan fingerprint density at radius 1 is 1.08 bits per heavy atom. The molecule has 1 aliphatic heterocycles. The summed E-state index contributed by atoms with van der Waals surface area (Å²) in [7, 11) is -1.92. The maximum Gasteiger partial charge on any atom is 0.232 e. The van der Waals surface area contributed by atoms with Gasteiger partial charge in [0.25, 0.3) is 0 Å². The van der Waals surface area contributed by atoms with Gasteiger partial charge in [-0.25, -0.2) is 18.4 Å². The van der Waals surface area contributed by atoms with Crippen LogP contribution in [-0.4, -0.2) is 80.1 Å². The summed E-state index contributed by atoms with van der Waals surface area (Å²) in [5.74, 6) is 1.91. The molecule has 0 atom stereocenters. The molecule has 5 rings (SSSR count). The van der Waals surface area contributed by atoms with Gasteiger partial charge in [0, 0.05) is 44.6 Å². The number of fused-ring (bicyclic) bond motifs is 1. The van der Waals surface area contributed by atoms with E-state index < -0.39 is 10.0 Å². The number of rotatable bonds is 7. The van der Waals surface area contributed by atoms with E-state index in [2.05, 4.69) is 25.2 Å². The van der Waals surface area contributed by atoms with Gasteiger partial charge in [0.05, 0.1) is 42.3 Å². The number of nitrogens with zero attached hydrogens (tertiary/aromatic N) is 6. The molecule has 11 nitrogen and oxygen atoms in total. The molecule has 0 bridgehead atoms. The second kappa shape index (κ2) is 10.4. The van der Waals surface area contributed by atoms with Gasteiger partial charge >= 0.3 is 0 Å². The van der Waals surface area contributed by atoms with Crippen molar-refractivity contribution in [3.8, 4) is 5.88 Å². The number of pyridine rings is 2. The van der Waals surface area contributed by atoms with Crippen LogP contribution >= 0.6 is 0 Å². The summed E-state index contributed by atoms with van der Waals surface area (Å²) in [6.07, 6.45) is 9.73. The molecule has 1 aliphatic carbocycles. The number of anilines is 3. The van der Waals surface area contributed by atoms with E-state index in [1.807, 2.05) is 6.07 Å². The Hall–Kier alpha value is -3.25. The molecule has 1 saturated heterocycles. The Bertz CT molecular complexity index is 1290. The van der Waals surface area contributed by atoms with Crippen molar-refractivity contribution in [3.05, 3.63) is 36.8 Å². The number of ether oxygens (including phenoxy) is 2. The molecule has 192 valence electrons. The predicted molar refractivity (Wildman–Crippen MR) is 138 cm³/mol. The van der Waals surface area contributed by atoms with E-state index in [0.29, 0.717) is 41.6 Å². The second-order valence-corrected chi connectivity index (χ2v) is 11.2. The Kier molecular flexibility index (Phi) is 7.06. The van der Waals surface area contributed by atoms with Crippen molar-refractivity contribution in [2.75, 3.05) is 54.1 Å². The van der Waals surface area contributed by atoms with Crippen molar-refractivity contribution in [1.82, 2.24) is 19.9 Å². The Balaban J connectivity index is 1.39. The van der Waals surface area contributed by atoms with Crippen molar-refractivity contribution in [2.45, 2.75) is 37.8 Å².